The maximum absolute atomic E-state index is 12.6. The third kappa shape index (κ3) is 4.82. The van der Waals surface area contributed by atoms with E-state index < -0.39 is 5.60 Å². The number of benzene rings is 3. The number of hydrogen-bond donors (Lipinski definition) is 0. The van der Waals surface area contributed by atoms with Gasteiger partial charge in [0.15, 0.2) is 0 Å². The Kier molecular flexibility index (Phi) is 7.48. The van der Waals surface area contributed by atoms with Crippen molar-refractivity contribution in [3.63, 3.8) is 0 Å². The molecule has 0 N–H and O–H groups in total. The molecule has 0 radical (unpaired) electrons. The van der Waals surface area contributed by atoms with Gasteiger partial charge in [0.2, 0.25) is 0 Å². The Morgan fingerprint density at radius 2 is 1.31 bits per heavy atom. The van der Waals surface area contributed by atoms with Crippen molar-refractivity contribution in [2.24, 2.45) is 23.7 Å². The van der Waals surface area contributed by atoms with Crippen LogP contribution < -0.4 is 0 Å². The monoisotopic (exact) mass is 480 g/mol. The molecule has 2 aliphatic rings. The molecule has 0 aromatic heterocycles. The van der Waals surface area contributed by atoms with Crippen molar-refractivity contribution in [1.82, 2.24) is 0 Å². The Morgan fingerprint density at radius 1 is 0.778 bits per heavy atom. The number of hydrogen-bond acceptors (Lipinski definition) is 3. The van der Waals surface area contributed by atoms with Gasteiger partial charge in [-0.05, 0) is 53.7 Å². The lowest BCUT2D eigenvalue weighted by Crippen LogP contribution is -2.42. The zero-order valence-electron chi connectivity index (χ0n) is 21.1. The van der Waals surface area contributed by atoms with E-state index in [1.807, 2.05) is 18.2 Å². The molecule has 3 nitrogen and oxygen atoms in total. The Bertz CT molecular complexity index is 1060. The topological polar surface area (TPSA) is 43.4 Å². The fourth-order valence-electron chi connectivity index (χ4n) is 6.68. The molecule has 2 aliphatic carbocycles. The van der Waals surface area contributed by atoms with E-state index in [-0.39, 0.29) is 11.8 Å². The average Bonchev–Trinajstić information content (AvgIpc) is 2.93. The van der Waals surface area contributed by atoms with Crippen LogP contribution in [0.4, 0.5) is 0 Å². The van der Waals surface area contributed by atoms with Crippen LogP contribution in [0.15, 0.2) is 91.0 Å². The lowest BCUT2D eigenvalue weighted by atomic mass is 9.61. The molecule has 5 rings (SSSR count). The van der Waals surface area contributed by atoms with Crippen LogP contribution in [0.1, 0.15) is 62.1 Å². The number of ether oxygens (including phenoxy) is 1. The van der Waals surface area contributed by atoms with Gasteiger partial charge in [0.25, 0.3) is 0 Å². The molecule has 0 amide bonds. The molecule has 2 fully saturated rings. The quantitative estimate of drug-likeness (QED) is 0.327. The predicted octanol–water partition coefficient (Wildman–Crippen LogP) is 6.99. The molecule has 4 atom stereocenters. The zero-order chi connectivity index (χ0) is 25.0. The van der Waals surface area contributed by atoms with Crippen molar-refractivity contribution >= 4 is 11.6 Å². The van der Waals surface area contributed by atoms with E-state index in [1.54, 1.807) is 0 Å². The summed E-state index contributed by atoms with van der Waals surface area (Å²) in [5.41, 5.74) is 2.61. The highest BCUT2D eigenvalue weighted by Gasteiger charge is 2.44. The van der Waals surface area contributed by atoms with E-state index in [0.717, 1.165) is 36.0 Å². The zero-order valence-corrected chi connectivity index (χ0v) is 21.1. The van der Waals surface area contributed by atoms with Gasteiger partial charge in [-0.15, -0.1) is 0 Å². The van der Waals surface area contributed by atoms with Gasteiger partial charge in [0, 0.05) is 31.8 Å². The van der Waals surface area contributed by atoms with Gasteiger partial charge in [-0.2, -0.15) is 0 Å². The first-order valence-electron chi connectivity index (χ1n) is 13.4. The second kappa shape index (κ2) is 10.9. The third-order valence-corrected chi connectivity index (χ3v) is 8.57. The minimum Gasteiger partial charge on any atom is -0.361 e. The molecular formula is C33H36O3. The molecule has 36 heavy (non-hydrogen) atoms. The van der Waals surface area contributed by atoms with Crippen molar-refractivity contribution < 1.29 is 14.3 Å². The minimum absolute atomic E-state index is 0.0851. The van der Waals surface area contributed by atoms with Crippen LogP contribution in [0.2, 0.25) is 0 Å². The van der Waals surface area contributed by atoms with Crippen molar-refractivity contribution in [2.75, 3.05) is 6.61 Å². The first-order chi connectivity index (χ1) is 17.6. The number of carbonyl (C=O) groups is 2. The molecule has 3 aromatic rings. The molecule has 2 saturated carbocycles. The second-order valence-electron chi connectivity index (χ2n) is 10.6. The van der Waals surface area contributed by atoms with Crippen LogP contribution in [-0.4, -0.2) is 18.2 Å². The third-order valence-electron chi connectivity index (χ3n) is 8.57. The van der Waals surface area contributed by atoms with Crippen LogP contribution in [0, 0.1) is 23.7 Å². The minimum atomic E-state index is -0.713. The molecule has 0 heterocycles. The average molecular weight is 481 g/mol. The standard InChI is InChI=1S/C33H36O3/c1-24(29-19-20-32(35)30-18-17-28(34)23-31(29)30)21-22-36-33(25-11-5-2-6-12-25,26-13-7-3-8-14-26)27-15-9-4-10-16-27/h2-16,24,29-31H,17-23H2,1H3/t24-,29+,30-,31+/m0/s1. The maximum Gasteiger partial charge on any atom is 0.143 e. The number of Topliss-reactive ketones (excluding diaryl/α,β-unsaturated/α-hetero) is 2. The summed E-state index contributed by atoms with van der Waals surface area (Å²) in [6.45, 7) is 2.88. The van der Waals surface area contributed by atoms with Crippen LogP contribution in [0.3, 0.4) is 0 Å². The highest BCUT2D eigenvalue weighted by atomic mass is 16.5. The van der Waals surface area contributed by atoms with E-state index >= 15 is 0 Å². The smallest absolute Gasteiger partial charge is 0.143 e. The molecule has 0 unspecified atom stereocenters. The molecule has 0 spiro atoms. The fraction of sp³-hybridized carbons (Fsp3) is 0.394. The Hall–Kier alpha value is -3.04. The molecule has 186 valence electrons. The summed E-state index contributed by atoms with van der Waals surface area (Å²) in [7, 11) is 0. The summed E-state index contributed by atoms with van der Waals surface area (Å²) in [6.07, 6.45) is 4.35. The first-order valence-corrected chi connectivity index (χ1v) is 13.4. The van der Waals surface area contributed by atoms with Gasteiger partial charge in [-0.3, -0.25) is 9.59 Å². The van der Waals surface area contributed by atoms with Gasteiger partial charge in [0.1, 0.15) is 17.2 Å². The van der Waals surface area contributed by atoms with Crippen molar-refractivity contribution in [3.8, 4) is 0 Å². The summed E-state index contributed by atoms with van der Waals surface area (Å²) < 4.78 is 6.99. The van der Waals surface area contributed by atoms with Gasteiger partial charge in [-0.25, -0.2) is 0 Å². The van der Waals surface area contributed by atoms with Gasteiger partial charge < -0.3 is 4.74 Å². The lowest BCUT2D eigenvalue weighted by Gasteiger charge is -2.43. The number of carbonyl (C=O) groups excluding carboxylic acids is 2. The first kappa shape index (κ1) is 24.6. The number of rotatable bonds is 8. The highest BCUT2D eigenvalue weighted by molar-refractivity contribution is 5.87. The molecular weight excluding hydrogens is 444 g/mol. The van der Waals surface area contributed by atoms with E-state index in [0.29, 0.717) is 49.3 Å². The summed E-state index contributed by atoms with van der Waals surface area (Å²) in [4.78, 5) is 24.9. The molecule has 3 aromatic carbocycles. The van der Waals surface area contributed by atoms with Crippen molar-refractivity contribution in [3.05, 3.63) is 108 Å². The number of ketones is 2. The predicted molar refractivity (Wildman–Crippen MR) is 143 cm³/mol. The highest BCUT2D eigenvalue weighted by Crippen LogP contribution is 2.46. The van der Waals surface area contributed by atoms with Crippen LogP contribution >= 0.6 is 0 Å². The van der Waals surface area contributed by atoms with Gasteiger partial charge in [0.05, 0.1) is 0 Å². The fourth-order valence-corrected chi connectivity index (χ4v) is 6.68. The molecule has 0 bridgehead atoms. The van der Waals surface area contributed by atoms with E-state index in [4.69, 9.17) is 4.74 Å². The second-order valence-corrected chi connectivity index (χ2v) is 10.6. The van der Waals surface area contributed by atoms with E-state index in [9.17, 15) is 9.59 Å². The van der Waals surface area contributed by atoms with Crippen LogP contribution in [-0.2, 0) is 19.9 Å². The van der Waals surface area contributed by atoms with Crippen molar-refractivity contribution in [2.45, 2.75) is 51.0 Å². The normalized spacial score (nSPS) is 23.2. The van der Waals surface area contributed by atoms with Crippen molar-refractivity contribution in [1.29, 1.82) is 0 Å². The van der Waals surface area contributed by atoms with E-state index in [2.05, 4.69) is 79.7 Å². The summed E-state index contributed by atoms with van der Waals surface area (Å²) in [6, 6.07) is 31.4. The lowest BCUT2D eigenvalue weighted by molar-refractivity contribution is -0.135. The van der Waals surface area contributed by atoms with Gasteiger partial charge in [-0.1, -0.05) is 97.9 Å². The SMILES string of the molecule is C[C@@H](CCOC(c1ccccc1)(c1ccccc1)c1ccccc1)[C@H]1CCC(=O)[C@H]2CCC(=O)C[C@H]12. The summed E-state index contributed by atoms with van der Waals surface area (Å²) in [5, 5.41) is 0. The maximum atomic E-state index is 12.6. The molecule has 3 heteroatoms. The molecule has 0 aliphatic heterocycles. The summed E-state index contributed by atoms with van der Waals surface area (Å²) in [5.74, 6) is 1.79. The molecule has 0 saturated heterocycles. The summed E-state index contributed by atoms with van der Waals surface area (Å²) >= 11 is 0. The largest absolute Gasteiger partial charge is 0.361 e. The van der Waals surface area contributed by atoms with E-state index in [1.165, 1.54) is 0 Å². The van der Waals surface area contributed by atoms with Crippen LogP contribution in [0.25, 0.3) is 0 Å². The van der Waals surface area contributed by atoms with Crippen LogP contribution in [0.5, 0.6) is 0 Å². The Morgan fingerprint density at radius 3 is 1.83 bits per heavy atom. The Labute approximate surface area is 214 Å². The van der Waals surface area contributed by atoms with Gasteiger partial charge >= 0.3 is 0 Å². The Balaban J connectivity index is 1.41. The number of fused-ring (bicyclic) bond motifs is 1.